The second kappa shape index (κ2) is 12.5. The Bertz CT molecular complexity index is 1350. The van der Waals surface area contributed by atoms with Crippen LogP contribution in [0.15, 0.2) is 36.7 Å². The van der Waals surface area contributed by atoms with Crippen LogP contribution in [0, 0.1) is 11.6 Å². The zero-order valence-corrected chi connectivity index (χ0v) is 21.7. The smallest absolute Gasteiger partial charge is 0.328 e. The molecule has 13 heteroatoms. The zero-order valence-electron chi connectivity index (χ0n) is 21.7. The van der Waals surface area contributed by atoms with Crippen LogP contribution in [0.25, 0.3) is 5.65 Å². The van der Waals surface area contributed by atoms with E-state index in [1.165, 1.54) is 16.8 Å². The molecule has 1 aliphatic rings. The first-order valence-electron chi connectivity index (χ1n) is 12.8. The molecule has 1 aromatic carbocycles. The molecule has 3 aromatic rings. The third-order valence-corrected chi connectivity index (χ3v) is 6.29. The zero-order chi connectivity index (χ0) is 27.9. The van der Waals surface area contributed by atoms with Crippen LogP contribution in [0.2, 0.25) is 0 Å². The highest BCUT2D eigenvalue weighted by Crippen LogP contribution is 2.37. The van der Waals surface area contributed by atoms with Gasteiger partial charge in [-0.15, -0.1) is 0 Å². The lowest BCUT2D eigenvalue weighted by molar-refractivity contribution is -0.146. The predicted molar refractivity (Wildman–Crippen MR) is 137 cm³/mol. The molecule has 208 valence electrons. The lowest BCUT2D eigenvalue weighted by atomic mass is 10.0. The summed E-state index contributed by atoms with van der Waals surface area (Å²) in [5.74, 6) is -1.67. The van der Waals surface area contributed by atoms with Crippen molar-refractivity contribution in [2.75, 3.05) is 30.0 Å². The number of halogens is 2. The largest absolute Gasteiger partial charge is 0.466 e. The Hall–Kier alpha value is -4.29. The van der Waals surface area contributed by atoms with E-state index < -0.39 is 41.7 Å². The molecule has 0 aliphatic carbocycles. The van der Waals surface area contributed by atoms with Crippen LogP contribution < -0.4 is 15.5 Å². The minimum absolute atomic E-state index is 0.00473. The minimum Gasteiger partial charge on any atom is -0.466 e. The Labute approximate surface area is 223 Å². The van der Waals surface area contributed by atoms with Crippen LogP contribution in [0.3, 0.4) is 0 Å². The second-order valence-electron chi connectivity index (χ2n) is 8.88. The maximum absolute atomic E-state index is 14.5. The number of urea groups is 1. The highest BCUT2D eigenvalue weighted by Gasteiger charge is 2.30. The Morgan fingerprint density at radius 1 is 1.15 bits per heavy atom. The van der Waals surface area contributed by atoms with Crippen molar-refractivity contribution < 1.29 is 32.6 Å². The fraction of sp³-hybridized carbons (Fsp3) is 0.423. The van der Waals surface area contributed by atoms with E-state index in [9.17, 15) is 23.2 Å². The molecule has 0 spiro atoms. The number of fused-ring (bicyclic) bond motifs is 1. The minimum atomic E-state index is -1.08. The van der Waals surface area contributed by atoms with Crippen molar-refractivity contribution in [1.82, 2.24) is 19.9 Å². The maximum atomic E-state index is 14.5. The van der Waals surface area contributed by atoms with Crippen molar-refractivity contribution in [1.29, 1.82) is 0 Å². The number of carbonyl (C=O) groups excluding carboxylic acids is 3. The molecule has 2 N–H and O–H groups in total. The van der Waals surface area contributed by atoms with E-state index in [2.05, 4.69) is 20.7 Å². The van der Waals surface area contributed by atoms with Crippen molar-refractivity contribution in [3.8, 4) is 0 Å². The molecule has 1 saturated heterocycles. The van der Waals surface area contributed by atoms with Crippen molar-refractivity contribution in [2.45, 2.75) is 51.6 Å². The van der Waals surface area contributed by atoms with Gasteiger partial charge in [0.05, 0.1) is 25.5 Å². The number of aromatic nitrogens is 3. The van der Waals surface area contributed by atoms with E-state index in [1.54, 1.807) is 26.1 Å². The Balaban J connectivity index is 1.51. The van der Waals surface area contributed by atoms with Crippen LogP contribution >= 0.6 is 0 Å². The van der Waals surface area contributed by atoms with Crippen molar-refractivity contribution in [2.24, 2.45) is 0 Å². The number of anilines is 2. The number of nitrogens with one attached hydrogen (secondary N) is 2. The third-order valence-electron chi connectivity index (χ3n) is 6.29. The third kappa shape index (κ3) is 6.59. The second-order valence-corrected chi connectivity index (χ2v) is 8.88. The number of ether oxygens (including phenoxy) is 2. The molecule has 2 atom stereocenters. The Morgan fingerprint density at radius 2 is 1.95 bits per heavy atom. The van der Waals surface area contributed by atoms with Gasteiger partial charge in [0, 0.05) is 24.7 Å². The molecule has 11 nitrogen and oxygen atoms in total. The van der Waals surface area contributed by atoms with Gasteiger partial charge in [-0.2, -0.15) is 5.10 Å². The van der Waals surface area contributed by atoms with Crippen LogP contribution in [-0.4, -0.2) is 58.4 Å². The van der Waals surface area contributed by atoms with Gasteiger partial charge in [0.2, 0.25) is 0 Å². The molecule has 1 fully saturated rings. The van der Waals surface area contributed by atoms with E-state index in [-0.39, 0.29) is 37.3 Å². The molecule has 2 aromatic heterocycles. The molecule has 0 unspecified atom stereocenters. The number of carbonyl (C=O) groups is 3. The Kier molecular flexibility index (Phi) is 8.89. The monoisotopic (exact) mass is 544 g/mol. The van der Waals surface area contributed by atoms with Gasteiger partial charge < -0.3 is 25.0 Å². The average molecular weight is 545 g/mol. The molecule has 1 aliphatic heterocycles. The molecule has 0 bridgehead atoms. The lowest BCUT2D eigenvalue weighted by Crippen LogP contribution is -2.44. The molecule has 0 radical (unpaired) electrons. The number of nitrogens with zero attached hydrogens (tertiary/aromatic N) is 4. The SMILES string of the molecule is CCOC(=O)CC[C@H](NC(=O)Nc1cnn2ccc(N3CCC[C@@H]3c3cc(F)ccc3F)nc12)C(=O)OCC. The summed E-state index contributed by atoms with van der Waals surface area (Å²) < 4.78 is 39.8. The van der Waals surface area contributed by atoms with Gasteiger partial charge in [-0.25, -0.2) is 27.9 Å². The van der Waals surface area contributed by atoms with Crippen molar-refractivity contribution in [3.63, 3.8) is 0 Å². The molecular weight excluding hydrogens is 514 g/mol. The summed E-state index contributed by atoms with van der Waals surface area (Å²) in [7, 11) is 0. The fourth-order valence-corrected chi connectivity index (χ4v) is 4.55. The number of amides is 2. The van der Waals surface area contributed by atoms with Gasteiger partial charge in [-0.1, -0.05) is 0 Å². The molecule has 0 saturated carbocycles. The molecule has 39 heavy (non-hydrogen) atoms. The van der Waals surface area contributed by atoms with Gasteiger partial charge in [-0.05, 0) is 57.4 Å². The summed E-state index contributed by atoms with van der Waals surface area (Å²) in [5, 5.41) is 9.36. The van der Waals surface area contributed by atoms with Gasteiger partial charge in [-0.3, -0.25) is 4.79 Å². The fourth-order valence-electron chi connectivity index (χ4n) is 4.55. The molecule has 2 amide bonds. The van der Waals surface area contributed by atoms with E-state index in [1.807, 2.05) is 4.90 Å². The van der Waals surface area contributed by atoms with Crippen LogP contribution in [0.4, 0.5) is 25.1 Å². The summed E-state index contributed by atoms with van der Waals surface area (Å²) in [6, 6.07) is 2.92. The van der Waals surface area contributed by atoms with Crippen molar-refractivity contribution >= 4 is 35.1 Å². The first-order chi connectivity index (χ1) is 18.8. The number of hydrogen-bond donors (Lipinski definition) is 2. The van der Waals surface area contributed by atoms with Gasteiger partial charge in [0.1, 0.15) is 29.2 Å². The van der Waals surface area contributed by atoms with Gasteiger partial charge in [0.25, 0.3) is 0 Å². The molecular formula is C26H30F2N6O5. The lowest BCUT2D eigenvalue weighted by Gasteiger charge is -2.26. The van der Waals surface area contributed by atoms with Crippen LogP contribution in [-0.2, 0) is 19.1 Å². The number of esters is 2. The molecule has 4 rings (SSSR count). The quantitative estimate of drug-likeness (QED) is 0.370. The number of hydrogen-bond acceptors (Lipinski definition) is 8. The summed E-state index contributed by atoms with van der Waals surface area (Å²) in [6.45, 7) is 4.20. The van der Waals surface area contributed by atoms with Crippen LogP contribution in [0.1, 0.15) is 51.1 Å². The van der Waals surface area contributed by atoms with Crippen LogP contribution in [0.5, 0.6) is 0 Å². The highest BCUT2D eigenvalue weighted by molar-refractivity contribution is 5.95. The highest BCUT2D eigenvalue weighted by atomic mass is 19.1. The first-order valence-corrected chi connectivity index (χ1v) is 12.8. The van der Waals surface area contributed by atoms with Gasteiger partial charge in [0.15, 0.2) is 5.65 Å². The summed E-state index contributed by atoms with van der Waals surface area (Å²) in [6.07, 6.45) is 4.36. The Morgan fingerprint density at radius 3 is 2.72 bits per heavy atom. The normalized spacial score (nSPS) is 15.7. The maximum Gasteiger partial charge on any atom is 0.328 e. The van der Waals surface area contributed by atoms with E-state index in [0.717, 1.165) is 18.6 Å². The van der Waals surface area contributed by atoms with Crippen molar-refractivity contribution in [3.05, 3.63) is 53.9 Å². The topological polar surface area (TPSA) is 127 Å². The number of benzene rings is 1. The van der Waals surface area contributed by atoms with E-state index in [0.29, 0.717) is 24.4 Å². The average Bonchev–Trinajstić information content (AvgIpc) is 3.55. The van der Waals surface area contributed by atoms with Gasteiger partial charge >= 0.3 is 18.0 Å². The standard InChI is InChI=1S/C26H30F2N6O5/c1-3-38-23(35)10-9-19(25(36)39-4-2)30-26(37)31-20-15-29-34-13-11-22(32-24(20)34)33-12-5-6-21(33)17-14-16(27)7-8-18(17)28/h7-8,11,13-15,19,21H,3-6,9-10,12H2,1-2H3,(H2,30,31,37)/t19-,21+/m0/s1. The summed E-state index contributed by atoms with van der Waals surface area (Å²) >= 11 is 0. The van der Waals surface area contributed by atoms with E-state index in [4.69, 9.17) is 9.47 Å². The number of rotatable bonds is 10. The summed E-state index contributed by atoms with van der Waals surface area (Å²) in [5.41, 5.74) is 0.829. The summed E-state index contributed by atoms with van der Waals surface area (Å²) in [4.78, 5) is 43.4. The van der Waals surface area contributed by atoms with E-state index >= 15 is 0 Å². The first kappa shape index (κ1) is 27.7. The molecule has 3 heterocycles. The predicted octanol–water partition coefficient (Wildman–Crippen LogP) is 3.75.